The van der Waals surface area contributed by atoms with E-state index in [4.69, 9.17) is 11.5 Å². The lowest BCUT2D eigenvalue weighted by Gasteiger charge is -1.98. The number of hydrogen-bond donors (Lipinski definition) is 2. The van der Waals surface area contributed by atoms with Gasteiger partial charge in [-0.25, -0.2) is 9.07 Å². The van der Waals surface area contributed by atoms with Gasteiger partial charge in [0.1, 0.15) is 5.82 Å². The maximum atomic E-state index is 12.9. The fourth-order valence-corrected chi connectivity index (χ4v) is 1.20. The van der Waals surface area contributed by atoms with E-state index in [9.17, 15) is 4.39 Å². The fourth-order valence-electron chi connectivity index (χ4n) is 1.20. The van der Waals surface area contributed by atoms with Gasteiger partial charge in [0, 0.05) is 12.6 Å². The van der Waals surface area contributed by atoms with Crippen LogP contribution < -0.4 is 11.5 Å². The largest absolute Gasteiger partial charge is 0.396 e. The summed E-state index contributed by atoms with van der Waals surface area (Å²) >= 11 is 0. The van der Waals surface area contributed by atoms with Gasteiger partial charge < -0.3 is 11.5 Å². The second kappa shape index (κ2) is 3.23. The van der Waals surface area contributed by atoms with Gasteiger partial charge >= 0.3 is 0 Å². The fraction of sp³-hybridized carbons (Fsp3) is 0.111. The molecule has 0 atom stereocenters. The second-order valence-electron chi connectivity index (χ2n) is 3.15. The number of nitrogens with zero attached hydrogens (tertiary/aromatic N) is 3. The predicted octanol–water partition coefficient (Wildman–Crippen LogP) is 0.786. The van der Waals surface area contributed by atoms with E-state index in [0.29, 0.717) is 17.3 Å². The minimum absolute atomic E-state index is 0.0681. The Balaban J connectivity index is 2.49. The first-order chi connectivity index (χ1) is 7.08. The highest BCUT2D eigenvalue weighted by atomic mass is 19.1. The summed E-state index contributed by atoms with van der Waals surface area (Å²) in [7, 11) is 1.68. The van der Waals surface area contributed by atoms with E-state index in [2.05, 4.69) is 10.1 Å². The van der Waals surface area contributed by atoms with Crippen LogP contribution in [-0.2, 0) is 7.05 Å². The highest BCUT2D eigenvalue weighted by Crippen LogP contribution is 2.20. The van der Waals surface area contributed by atoms with Crippen LogP contribution in [0.4, 0.5) is 16.0 Å². The van der Waals surface area contributed by atoms with Crippen LogP contribution in [-0.4, -0.2) is 14.8 Å². The van der Waals surface area contributed by atoms with Gasteiger partial charge in [-0.1, -0.05) is 0 Å². The van der Waals surface area contributed by atoms with Crippen molar-refractivity contribution in [1.29, 1.82) is 0 Å². The van der Waals surface area contributed by atoms with Gasteiger partial charge in [-0.3, -0.25) is 0 Å². The first kappa shape index (κ1) is 9.45. The zero-order valence-electron chi connectivity index (χ0n) is 8.11. The Bertz CT molecular complexity index is 486. The molecule has 0 saturated heterocycles. The number of benzene rings is 1. The van der Waals surface area contributed by atoms with Gasteiger partial charge in [-0.2, -0.15) is 4.98 Å². The maximum absolute atomic E-state index is 12.9. The van der Waals surface area contributed by atoms with Gasteiger partial charge in [-0.15, -0.1) is 5.10 Å². The van der Waals surface area contributed by atoms with E-state index in [-0.39, 0.29) is 5.69 Å². The van der Waals surface area contributed by atoms with Gasteiger partial charge in [0.25, 0.3) is 0 Å². The first-order valence-corrected chi connectivity index (χ1v) is 4.30. The average Bonchev–Trinajstić information content (AvgIpc) is 2.52. The Kier molecular flexibility index (Phi) is 2.03. The lowest BCUT2D eigenvalue weighted by atomic mass is 10.2. The SMILES string of the molecule is Cn1nc(-c2ccc(F)c(N)c2)nc1N. The Labute approximate surface area is 85.5 Å². The number of anilines is 2. The number of hydrogen-bond acceptors (Lipinski definition) is 4. The Morgan fingerprint density at radius 1 is 1.33 bits per heavy atom. The summed E-state index contributed by atoms with van der Waals surface area (Å²) in [4.78, 5) is 4.00. The molecule has 15 heavy (non-hydrogen) atoms. The van der Waals surface area contributed by atoms with Crippen molar-refractivity contribution in [2.75, 3.05) is 11.5 Å². The molecule has 2 rings (SSSR count). The monoisotopic (exact) mass is 207 g/mol. The highest BCUT2D eigenvalue weighted by molar-refractivity contribution is 5.62. The predicted molar refractivity (Wildman–Crippen MR) is 55.2 cm³/mol. The molecule has 4 N–H and O–H groups in total. The molecule has 0 radical (unpaired) electrons. The van der Waals surface area contributed by atoms with Crippen molar-refractivity contribution in [1.82, 2.24) is 14.8 Å². The molecule has 1 aromatic heterocycles. The van der Waals surface area contributed by atoms with Crippen molar-refractivity contribution in [2.24, 2.45) is 7.05 Å². The van der Waals surface area contributed by atoms with E-state index in [0.717, 1.165) is 0 Å². The van der Waals surface area contributed by atoms with E-state index in [1.165, 1.54) is 16.8 Å². The number of nitrogen functional groups attached to an aromatic ring is 2. The van der Waals surface area contributed by atoms with Crippen molar-refractivity contribution < 1.29 is 4.39 Å². The molecule has 0 saturated carbocycles. The average molecular weight is 207 g/mol. The van der Waals surface area contributed by atoms with Crippen LogP contribution in [0.3, 0.4) is 0 Å². The number of nitrogens with two attached hydrogens (primary N) is 2. The van der Waals surface area contributed by atoms with Crippen LogP contribution in [0.15, 0.2) is 18.2 Å². The van der Waals surface area contributed by atoms with E-state index >= 15 is 0 Å². The Hall–Kier alpha value is -2.11. The maximum Gasteiger partial charge on any atom is 0.218 e. The molecule has 5 nitrogen and oxygen atoms in total. The summed E-state index contributed by atoms with van der Waals surface area (Å²) in [5.74, 6) is 0.275. The third-order valence-electron chi connectivity index (χ3n) is 2.05. The van der Waals surface area contributed by atoms with Crippen LogP contribution in [0, 0.1) is 5.82 Å². The summed E-state index contributed by atoms with van der Waals surface area (Å²) in [6, 6.07) is 4.31. The zero-order valence-corrected chi connectivity index (χ0v) is 8.11. The summed E-state index contributed by atoms with van der Waals surface area (Å²) in [5, 5.41) is 4.05. The Morgan fingerprint density at radius 2 is 2.07 bits per heavy atom. The minimum Gasteiger partial charge on any atom is -0.396 e. The van der Waals surface area contributed by atoms with Crippen LogP contribution in [0.2, 0.25) is 0 Å². The van der Waals surface area contributed by atoms with Crippen molar-refractivity contribution in [3.63, 3.8) is 0 Å². The molecular formula is C9H10FN5. The van der Waals surface area contributed by atoms with Crippen molar-refractivity contribution in [3.05, 3.63) is 24.0 Å². The van der Waals surface area contributed by atoms with Crippen molar-refractivity contribution in [3.8, 4) is 11.4 Å². The molecule has 0 unspecified atom stereocenters. The molecule has 78 valence electrons. The zero-order chi connectivity index (χ0) is 11.0. The minimum atomic E-state index is -0.456. The van der Waals surface area contributed by atoms with Gasteiger partial charge in [0.2, 0.25) is 5.95 Å². The lowest BCUT2D eigenvalue weighted by molar-refractivity contribution is 0.632. The van der Waals surface area contributed by atoms with Crippen LogP contribution >= 0.6 is 0 Å². The molecule has 0 aliphatic carbocycles. The molecule has 1 aromatic carbocycles. The van der Waals surface area contributed by atoms with Crippen molar-refractivity contribution >= 4 is 11.6 Å². The molecule has 2 aromatic rings. The molecule has 0 bridgehead atoms. The van der Waals surface area contributed by atoms with Crippen LogP contribution in [0.1, 0.15) is 0 Å². The lowest BCUT2D eigenvalue weighted by Crippen LogP contribution is -1.97. The Morgan fingerprint density at radius 3 is 2.60 bits per heavy atom. The smallest absolute Gasteiger partial charge is 0.218 e. The molecule has 0 fully saturated rings. The number of aromatic nitrogens is 3. The topological polar surface area (TPSA) is 82.8 Å². The molecule has 6 heteroatoms. The van der Waals surface area contributed by atoms with Crippen LogP contribution in [0.25, 0.3) is 11.4 Å². The highest BCUT2D eigenvalue weighted by Gasteiger charge is 2.08. The molecule has 1 heterocycles. The van der Waals surface area contributed by atoms with E-state index < -0.39 is 5.82 Å². The third-order valence-corrected chi connectivity index (χ3v) is 2.05. The normalized spacial score (nSPS) is 10.5. The van der Waals surface area contributed by atoms with Gasteiger partial charge in [0.05, 0.1) is 5.69 Å². The molecule has 0 aliphatic rings. The van der Waals surface area contributed by atoms with Gasteiger partial charge in [0.15, 0.2) is 5.82 Å². The van der Waals surface area contributed by atoms with E-state index in [1.807, 2.05) is 0 Å². The van der Waals surface area contributed by atoms with E-state index in [1.54, 1.807) is 13.1 Å². The standard InChI is InChI=1S/C9H10FN5/c1-15-9(12)13-8(14-15)5-2-3-6(10)7(11)4-5/h2-4H,11H2,1H3,(H2,12,13,14). The molecule has 0 amide bonds. The summed E-state index contributed by atoms with van der Waals surface area (Å²) in [6.07, 6.45) is 0. The second-order valence-corrected chi connectivity index (χ2v) is 3.15. The number of rotatable bonds is 1. The molecule has 0 spiro atoms. The summed E-state index contributed by atoms with van der Waals surface area (Å²) in [6.45, 7) is 0. The first-order valence-electron chi connectivity index (χ1n) is 4.30. The van der Waals surface area contributed by atoms with Gasteiger partial charge in [-0.05, 0) is 18.2 Å². The van der Waals surface area contributed by atoms with Crippen molar-refractivity contribution in [2.45, 2.75) is 0 Å². The molecular weight excluding hydrogens is 197 g/mol. The quantitative estimate of drug-likeness (QED) is 0.677. The summed E-state index contributed by atoms with van der Waals surface area (Å²) < 4.78 is 14.3. The molecule has 0 aliphatic heterocycles. The van der Waals surface area contributed by atoms with Crippen LogP contribution in [0.5, 0.6) is 0 Å². The summed E-state index contributed by atoms with van der Waals surface area (Å²) in [5.41, 5.74) is 11.7. The number of halogens is 1. The number of aryl methyl sites for hydroxylation is 1. The third kappa shape index (κ3) is 1.61.